The third-order valence-electron chi connectivity index (χ3n) is 2.27. The van der Waals surface area contributed by atoms with Gasteiger partial charge in [0.1, 0.15) is 0 Å². The third kappa shape index (κ3) is 11.1. The molecule has 0 heterocycles. The maximum absolute atomic E-state index is 10.2. The van der Waals surface area contributed by atoms with Crippen molar-refractivity contribution in [2.45, 2.75) is 52.4 Å². The van der Waals surface area contributed by atoms with Gasteiger partial charge in [-0.15, -0.1) is 0 Å². The van der Waals surface area contributed by atoms with Gasteiger partial charge in [0.15, 0.2) is 0 Å². The van der Waals surface area contributed by atoms with Crippen molar-refractivity contribution in [1.82, 2.24) is 0 Å². The fourth-order valence-corrected chi connectivity index (χ4v) is 1.30. The normalized spacial score (nSPS) is 13.7. The molecule has 0 fully saturated rings. The van der Waals surface area contributed by atoms with Crippen LogP contribution in [0.2, 0.25) is 0 Å². The SMILES string of the molecule is CCCCCCC=CCC=CC(C)[C]=O. The van der Waals surface area contributed by atoms with E-state index in [1.165, 1.54) is 32.1 Å². The third-order valence-corrected chi connectivity index (χ3v) is 2.27. The molecule has 0 aliphatic carbocycles. The number of rotatable bonds is 9. The van der Waals surface area contributed by atoms with Gasteiger partial charge in [0.25, 0.3) is 0 Å². The van der Waals surface area contributed by atoms with Crippen LogP contribution in [-0.2, 0) is 4.79 Å². The summed E-state index contributed by atoms with van der Waals surface area (Å²) in [6, 6.07) is 0. The molecule has 1 heteroatoms. The summed E-state index contributed by atoms with van der Waals surface area (Å²) in [7, 11) is 0. The quantitative estimate of drug-likeness (QED) is 0.409. The Morgan fingerprint density at radius 3 is 2.60 bits per heavy atom. The van der Waals surface area contributed by atoms with E-state index in [0.717, 1.165) is 6.42 Å². The molecule has 0 saturated carbocycles. The van der Waals surface area contributed by atoms with Gasteiger partial charge in [-0.3, -0.25) is 4.79 Å². The highest BCUT2D eigenvalue weighted by Gasteiger charge is 1.90. The number of allylic oxidation sites excluding steroid dienone is 4. The van der Waals surface area contributed by atoms with Gasteiger partial charge in [-0.2, -0.15) is 0 Å². The van der Waals surface area contributed by atoms with Crippen LogP contribution in [0.1, 0.15) is 52.4 Å². The van der Waals surface area contributed by atoms with E-state index in [1.807, 2.05) is 25.4 Å². The van der Waals surface area contributed by atoms with Crippen molar-refractivity contribution in [2.24, 2.45) is 5.92 Å². The molecule has 0 spiro atoms. The monoisotopic (exact) mass is 207 g/mol. The van der Waals surface area contributed by atoms with Crippen LogP contribution in [0.15, 0.2) is 24.3 Å². The molecule has 1 radical (unpaired) electrons. The zero-order valence-corrected chi connectivity index (χ0v) is 10.0. The summed E-state index contributed by atoms with van der Waals surface area (Å²) >= 11 is 0. The van der Waals surface area contributed by atoms with Gasteiger partial charge >= 0.3 is 0 Å². The van der Waals surface area contributed by atoms with Crippen LogP contribution in [0.5, 0.6) is 0 Å². The van der Waals surface area contributed by atoms with Crippen molar-refractivity contribution in [3.8, 4) is 0 Å². The fourth-order valence-electron chi connectivity index (χ4n) is 1.30. The smallest absolute Gasteiger partial charge is 0.205 e. The van der Waals surface area contributed by atoms with Crippen molar-refractivity contribution >= 4 is 6.29 Å². The molecule has 0 amide bonds. The lowest BCUT2D eigenvalue weighted by atomic mass is 10.1. The minimum atomic E-state index is -0.0667. The molecule has 0 rings (SSSR count). The van der Waals surface area contributed by atoms with Crippen molar-refractivity contribution < 1.29 is 4.79 Å². The molecule has 0 aromatic carbocycles. The summed E-state index contributed by atoms with van der Waals surface area (Å²) in [5.74, 6) is -0.0667. The average molecular weight is 207 g/mol. The molecule has 0 saturated heterocycles. The van der Waals surface area contributed by atoms with Crippen molar-refractivity contribution in [2.75, 3.05) is 0 Å². The van der Waals surface area contributed by atoms with Crippen molar-refractivity contribution in [1.29, 1.82) is 0 Å². The van der Waals surface area contributed by atoms with E-state index >= 15 is 0 Å². The van der Waals surface area contributed by atoms with E-state index in [0.29, 0.717) is 0 Å². The highest BCUT2D eigenvalue weighted by molar-refractivity contribution is 5.56. The van der Waals surface area contributed by atoms with Crippen LogP contribution in [-0.4, -0.2) is 6.29 Å². The molecule has 85 valence electrons. The summed E-state index contributed by atoms with van der Waals surface area (Å²) in [5, 5.41) is 0. The van der Waals surface area contributed by atoms with Crippen LogP contribution in [0.25, 0.3) is 0 Å². The summed E-state index contributed by atoms with van der Waals surface area (Å²) in [6.45, 7) is 4.07. The van der Waals surface area contributed by atoms with Gasteiger partial charge in [0, 0.05) is 5.92 Å². The topological polar surface area (TPSA) is 17.1 Å². The molecule has 1 nitrogen and oxygen atoms in total. The maximum atomic E-state index is 10.2. The molecule has 0 aliphatic rings. The Kier molecular flexibility index (Phi) is 10.6. The lowest BCUT2D eigenvalue weighted by Crippen LogP contribution is -1.87. The highest BCUT2D eigenvalue weighted by Crippen LogP contribution is 2.03. The first-order valence-electron chi connectivity index (χ1n) is 6.00. The second kappa shape index (κ2) is 11.2. The average Bonchev–Trinajstić information content (AvgIpc) is 2.26. The van der Waals surface area contributed by atoms with E-state index in [2.05, 4.69) is 19.1 Å². The van der Waals surface area contributed by atoms with Crippen molar-refractivity contribution in [3.63, 3.8) is 0 Å². The summed E-state index contributed by atoms with van der Waals surface area (Å²) in [6.07, 6.45) is 17.6. The zero-order chi connectivity index (χ0) is 11.4. The molecular formula is C14H23O. The van der Waals surface area contributed by atoms with E-state index in [-0.39, 0.29) is 5.92 Å². The van der Waals surface area contributed by atoms with Crippen LogP contribution >= 0.6 is 0 Å². The standard InChI is InChI=1S/C14H23O/c1-3-4-5-6-7-8-9-10-11-12-14(2)13-15/h8-9,11-12,14H,3-7,10H2,1-2H3. The molecule has 1 atom stereocenters. The molecule has 0 aromatic rings. The number of carbonyl (C=O) groups excluding carboxylic acids is 1. The van der Waals surface area contributed by atoms with Gasteiger partial charge in [0.2, 0.25) is 6.29 Å². The summed E-state index contributed by atoms with van der Waals surface area (Å²) < 4.78 is 0. The van der Waals surface area contributed by atoms with Gasteiger partial charge < -0.3 is 0 Å². The van der Waals surface area contributed by atoms with E-state index in [9.17, 15) is 4.79 Å². The second-order valence-electron chi connectivity index (χ2n) is 3.89. The largest absolute Gasteiger partial charge is 0.290 e. The van der Waals surface area contributed by atoms with Crippen LogP contribution < -0.4 is 0 Å². The lowest BCUT2D eigenvalue weighted by molar-refractivity contribution is 0.543. The predicted molar refractivity (Wildman–Crippen MR) is 66.5 cm³/mol. The van der Waals surface area contributed by atoms with Gasteiger partial charge in [-0.05, 0) is 19.3 Å². The number of unbranched alkanes of at least 4 members (excludes halogenated alkanes) is 4. The van der Waals surface area contributed by atoms with Crippen LogP contribution in [0.3, 0.4) is 0 Å². The Balaban J connectivity index is 3.31. The van der Waals surface area contributed by atoms with Gasteiger partial charge in [-0.1, -0.05) is 57.4 Å². The summed E-state index contributed by atoms with van der Waals surface area (Å²) in [4.78, 5) is 10.2. The Hall–Kier alpha value is -0.850. The first-order valence-corrected chi connectivity index (χ1v) is 6.00. The van der Waals surface area contributed by atoms with E-state index in [1.54, 1.807) is 0 Å². The zero-order valence-electron chi connectivity index (χ0n) is 10.0. The Morgan fingerprint density at radius 1 is 1.13 bits per heavy atom. The predicted octanol–water partition coefficient (Wildman–Crippen LogP) is 4.21. The second-order valence-corrected chi connectivity index (χ2v) is 3.89. The van der Waals surface area contributed by atoms with Gasteiger partial charge in [0.05, 0.1) is 0 Å². The van der Waals surface area contributed by atoms with Gasteiger partial charge in [-0.25, -0.2) is 0 Å². The van der Waals surface area contributed by atoms with Crippen LogP contribution in [0, 0.1) is 5.92 Å². The minimum Gasteiger partial charge on any atom is -0.290 e. The van der Waals surface area contributed by atoms with E-state index < -0.39 is 0 Å². The first-order chi connectivity index (χ1) is 7.31. The Labute approximate surface area is 94.3 Å². The molecule has 0 bridgehead atoms. The molecule has 0 aromatic heterocycles. The molecular weight excluding hydrogens is 184 g/mol. The van der Waals surface area contributed by atoms with Crippen molar-refractivity contribution in [3.05, 3.63) is 24.3 Å². The molecule has 1 unspecified atom stereocenters. The molecule has 0 N–H and O–H groups in total. The highest BCUT2D eigenvalue weighted by atomic mass is 16.1. The molecule has 15 heavy (non-hydrogen) atoms. The molecule has 0 aliphatic heterocycles. The lowest BCUT2D eigenvalue weighted by Gasteiger charge is -1.93. The first kappa shape index (κ1) is 14.2. The maximum Gasteiger partial charge on any atom is 0.205 e. The minimum absolute atomic E-state index is 0.0667. The number of hydrogen-bond acceptors (Lipinski definition) is 1. The van der Waals surface area contributed by atoms with E-state index in [4.69, 9.17) is 0 Å². The Morgan fingerprint density at radius 2 is 1.93 bits per heavy atom. The number of hydrogen-bond donors (Lipinski definition) is 0. The van der Waals surface area contributed by atoms with Crippen LogP contribution in [0.4, 0.5) is 0 Å². The Bertz CT molecular complexity index is 192. The summed E-state index contributed by atoms with van der Waals surface area (Å²) in [5.41, 5.74) is 0. The fraction of sp³-hybridized carbons (Fsp3) is 0.643.